The van der Waals surface area contributed by atoms with Crippen molar-refractivity contribution in [3.8, 4) is 0 Å². The largest absolute Gasteiger partial charge is 0.481 e. The molecular weight excluding hydrogens is 1460 g/mol. The maximum absolute atomic E-state index is 13.4. The van der Waals surface area contributed by atoms with Gasteiger partial charge < -0.3 is 60.7 Å². The van der Waals surface area contributed by atoms with Gasteiger partial charge in [-0.2, -0.15) is 0 Å². The van der Waals surface area contributed by atoms with Gasteiger partial charge in [-0.1, -0.05) is 164 Å². The smallest absolute Gasteiger partial charge is 0.408 e. The molecule has 0 spiro atoms. The molecule has 0 bridgehead atoms. The first-order valence-electron chi connectivity index (χ1n) is 37.6. The molecule has 28 heteroatoms. The summed E-state index contributed by atoms with van der Waals surface area (Å²) in [6.07, 6.45) is 5.78. The Balaban J connectivity index is 0.000000191. The third-order valence-electron chi connectivity index (χ3n) is 18.9. The Morgan fingerprint density at radius 1 is 0.404 bits per heavy atom. The number of anilines is 4. The molecule has 4 aliphatic rings. The molecule has 0 fully saturated rings. The van der Waals surface area contributed by atoms with Crippen molar-refractivity contribution >= 4 is 106 Å². The minimum absolute atomic E-state index is 0.175. The first-order chi connectivity index (χ1) is 54.7. The summed E-state index contributed by atoms with van der Waals surface area (Å²) in [5.74, 6) is -6.13. The quantitative estimate of drug-likeness (QED) is 0.0164. The highest BCUT2D eigenvalue weighted by molar-refractivity contribution is 6.07. The van der Waals surface area contributed by atoms with Crippen LogP contribution < -0.4 is 46.2 Å². The SMILES string of the molecule is COC(=O)CN1C(=O)[C@@H](NC(=O)CCc2ccccc2)CCc2ccccc21.COC(=O)CN1C(=O)[C@@H](NC(=O)OC(C)(C)C)CCc2ccccc21.O=C(O)CN1C(=O)[C@@H](NC(=O)CCc2ccccc2)CCc2ccccc21.O=C[C@H](CC(=O)O)NC(=O)CN1C(=O)[C@@H](NC(=O)CCc2ccccc2)CCc2ccccc21. The molecule has 7 aromatic carbocycles. The van der Waals surface area contributed by atoms with E-state index in [0.717, 1.165) is 38.9 Å². The number of aldehydes is 1. The number of hydrogen-bond acceptors (Lipinski definition) is 17. The molecule has 0 aromatic heterocycles. The van der Waals surface area contributed by atoms with Gasteiger partial charge in [0.05, 0.1) is 26.7 Å². The van der Waals surface area contributed by atoms with Crippen LogP contribution in [0.5, 0.6) is 0 Å². The van der Waals surface area contributed by atoms with Crippen LogP contribution in [0.25, 0.3) is 0 Å². The monoisotopic (exact) mass is 1560 g/mol. The van der Waals surface area contributed by atoms with Crippen LogP contribution in [0.2, 0.25) is 0 Å². The van der Waals surface area contributed by atoms with E-state index in [0.29, 0.717) is 106 Å². The molecule has 28 nitrogen and oxygen atoms in total. The van der Waals surface area contributed by atoms with Crippen molar-refractivity contribution in [2.24, 2.45) is 0 Å². The number of fused-ring (bicyclic) bond motifs is 4. The number of alkyl carbamates (subject to hydrolysis) is 1. The van der Waals surface area contributed by atoms with Gasteiger partial charge in [-0.3, -0.25) is 72.2 Å². The lowest BCUT2D eigenvalue weighted by Crippen LogP contribution is -2.51. The van der Waals surface area contributed by atoms with Crippen molar-refractivity contribution in [3.05, 3.63) is 227 Å². The van der Waals surface area contributed by atoms with E-state index >= 15 is 0 Å². The highest BCUT2D eigenvalue weighted by Crippen LogP contribution is 2.32. The number of benzene rings is 7. The highest BCUT2D eigenvalue weighted by atomic mass is 16.6. The van der Waals surface area contributed by atoms with E-state index in [2.05, 4.69) is 26.6 Å². The van der Waals surface area contributed by atoms with E-state index in [1.54, 1.807) is 57.2 Å². The van der Waals surface area contributed by atoms with Gasteiger partial charge in [0.15, 0.2) is 0 Å². The number of carboxylic acids is 2. The van der Waals surface area contributed by atoms with Crippen LogP contribution in [0.15, 0.2) is 188 Å². The number of carboxylic acid groups (broad SMARTS) is 2. The Bertz CT molecular complexity index is 4540. The van der Waals surface area contributed by atoms with Crippen molar-refractivity contribution in [2.45, 2.75) is 153 Å². The van der Waals surface area contributed by atoms with E-state index in [9.17, 15) is 72.2 Å². The average Bonchev–Trinajstić information content (AvgIpc) is 1.82. The summed E-state index contributed by atoms with van der Waals surface area (Å²) in [7, 11) is 2.56. The second-order valence-electron chi connectivity index (χ2n) is 28.3. The summed E-state index contributed by atoms with van der Waals surface area (Å²) in [6, 6.07) is 54.0. The molecule has 0 saturated heterocycles. The zero-order valence-electron chi connectivity index (χ0n) is 64.4. The van der Waals surface area contributed by atoms with E-state index < -0.39 is 97.1 Å². The van der Waals surface area contributed by atoms with Crippen molar-refractivity contribution in [1.82, 2.24) is 26.6 Å². The van der Waals surface area contributed by atoms with Gasteiger partial charge in [0.25, 0.3) is 0 Å². The molecular formula is C86H97N9O19. The fourth-order valence-corrected chi connectivity index (χ4v) is 13.2. The number of aryl methyl sites for hydroxylation is 7. The summed E-state index contributed by atoms with van der Waals surface area (Å²) >= 11 is 0. The first kappa shape index (κ1) is 86.7. The maximum atomic E-state index is 13.4. The zero-order chi connectivity index (χ0) is 82.3. The van der Waals surface area contributed by atoms with Gasteiger partial charge in [-0.15, -0.1) is 0 Å². The normalized spacial score (nSPS) is 16.4. The fraction of sp³-hybridized carbons (Fsp3) is 0.349. The topological polar surface area (TPSA) is 380 Å². The Kier molecular flexibility index (Phi) is 32.8. The van der Waals surface area contributed by atoms with Crippen molar-refractivity contribution in [3.63, 3.8) is 0 Å². The molecule has 11 rings (SSSR count). The second-order valence-corrected chi connectivity index (χ2v) is 28.3. The summed E-state index contributed by atoms with van der Waals surface area (Å²) in [6.45, 7) is 4.03. The van der Waals surface area contributed by atoms with Crippen LogP contribution in [-0.2, 0) is 121 Å². The molecule has 7 N–H and O–H groups in total. The molecule has 600 valence electrons. The molecule has 9 amide bonds. The van der Waals surface area contributed by atoms with Gasteiger partial charge in [0, 0.05) is 42.0 Å². The fourth-order valence-electron chi connectivity index (χ4n) is 13.2. The number of aliphatic carboxylic acids is 2. The molecule has 0 aliphatic carbocycles. The van der Waals surface area contributed by atoms with Crippen LogP contribution in [0.3, 0.4) is 0 Å². The molecule has 7 aromatic rings. The van der Waals surface area contributed by atoms with E-state index in [4.69, 9.17) is 19.3 Å². The number of carbonyl (C=O) groups is 14. The number of amides is 9. The van der Waals surface area contributed by atoms with Gasteiger partial charge in [0.1, 0.15) is 62.2 Å². The van der Waals surface area contributed by atoms with Crippen LogP contribution >= 0.6 is 0 Å². The number of nitrogens with zero attached hydrogens (tertiary/aromatic N) is 4. The summed E-state index contributed by atoms with van der Waals surface area (Å²) in [4.78, 5) is 176. The van der Waals surface area contributed by atoms with Crippen LogP contribution in [0, 0.1) is 0 Å². The molecule has 114 heavy (non-hydrogen) atoms. The number of para-hydroxylation sites is 4. The van der Waals surface area contributed by atoms with Crippen molar-refractivity contribution in [2.75, 3.05) is 60.0 Å². The number of carbonyl (C=O) groups excluding carboxylic acids is 12. The Morgan fingerprint density at radius 3 is 0.982 bits per heavy atom. The number of nitrogens with one attached hydrogen (secondary N) is 5. The summed E-state index contributed by atoms with van der Waals surface area (Å²) < 4.78 is 14.7. The lowest BCUT2D eigenvalue weighted by atomic mass is 10.1. The van der Waals surface area contributed by atoms with Crippen LogP contribution in [-0.4, -0.2) is 170 Å². The van der Waals surface area contributed by atoms with Crippen LogP contribution in [0.1, 0.15) is 111 Å². The molecule has 0 saturated carbocycles. The summed E-state index contributed by atoms with van der Waals surface area (Å²) in [5, 5.41) is 31.5. The average molecular weight is 1560 g/mol. The molecule has 5 atom stereocenters. The maximum Gasteiger partial charge on any atom is 0.408 e. The van der Waals surface area contributed by atoms with Gasteiger partial charge in [0.2, 0.25) is 47.3 Å². The lowest BCUT2D eigenvalue weighted by molar-refractivity contribution is -0.140. The molecule has 4 aliphatic heterocycles. The Labute approximate surface area is 661 Å². The van der Waals surface area contributed by atoms with E-state index in [-0.39, 0.29) is 61.4 Å². The van der Waals surface area contributed by atoms with Gasteiger partial charge in [-0.25, -0.2) is 4.79 Å². The lowest BCUT2D eigenvalue weighted by Gasteiger charge is -2.26. The Morgan fingerprint density at radius 2 is 0.693 bits per heavy atom. The third-order valence-corrected chi connectivity index (χ3v) is 18.9. The minimum Gasteiger partial charge on any atom is -0.481 e. The predicted molar refractivity (Wildman–Crippen MR) is 424 cm³/mol. The van der Waals surface area contributed by atoms with Gasteiger partial charge in [-0.05, 0) is 155 Å². The van der Waals surface area contributed by atoms with Crippen molar-refractivity contribution < 1.29 is 91.5 Å². The van der Waals surface area contributed by atoms with Crippen molar-refractivity contribution in [1.29, 1.82) is 0 Å². The van der Waals surface area contributed by atoms with Crippen LogP contribution in [0.4, 0.5) is 27.5 Å². The minimum atomic E-state index is -1.23. The molecule has 0 radical (unpaired) electrons. The Hall–Kier alpha value is -12.9. The second kappa shape index (κ2) is 43.1. The number of hydrogen-bond donors (Lipinski definition) is 7. The predicted octanol–water partition coefficient (Wildman–Crippen LogP) is 7.70. The zero-order valence-corrected chi connectivity index (χ0v) is 64.4. The van der Waals surface area contributed by atoms with E-state index in [1.165, 1.54) is 33.8 Å². The standard InChI is InChI=1S/C25H27N3O6.C22H24N2O4.C21H22N2O4.C18H24N2O5/c29-16-19(14-24(32)33)26-23(31)15-28-21-9-5-4-8-18(21)11-12-20(25(28)34)27-22(30)13-10-17-6-2-1-3-7-17;1-28-21(26)15-24-19-10-6-5-9-17(19)12-13-18(22(24)27)23-20(25)14-11-16-7-3-2-4-8-16;24-19(13-10-15-6-2-1-3-7-15)22-17-12-11-16-8-4-5-9-18(16)23(21(17)27)14-20(25)26;1-18(2,3)25-17(23)19-13-10-9-12-7-5-6-8-14(12)20(16(13)22)11-15(21)24-4/h1-9,16,19-20H,10-15H2,(H,26,31)(H,27,30)(H,32,33);2-10,18H,11-15H2,1H3,(H,23,25);1-9,17H,10-14H2,(H,22,24)(H,25,26);5-8,13H,9-11H2,1-4H3,(H,19,23)/t19-,20-;18-;17-;13-/m0000/s1. The molecule has 0 unspecified atom stereocenters. The number of ether oxygens (including phenoxy) is 3. The molecule has 4 heterocycles. The number of rotatable bonds is 25. The van der Waals surface area contributed by atoms with Gasteiger partial charge >= 0.3 is 30.0 Å². The highest BCUT2D eigenvalue weighted by Gasteiger charge is 2.38. The third kappa shape index (κ3) is 26.7. The number of methoxy groups -OCH3 is 2. The number of esters is 2. The first-order valence-corrected chi connectivity index (χ1v) is 37.6. The van der Waals surface area contributed by atoms with E-state index in [1.807, 2.05) is 152 Å². The summed E-state index contributed by atoms with van der Waals surface area (Å²) in [5.41, 5.74) is 8.66.